The summed E-state index contributed by atoms with van der Waals surface area (Å²) in [6.45, 7) is 1.21. The summed E-state index contributed by atoms with van der Waals surface area (Å²) in [4.78, 5) is 17.5. The van der Waals surface area contributed by atoms with E-state index in [0.29, 0.717) is 72.2 Å². The maximum absolute atomic E-state index is 5.92. The molecule has 1 heterocycles. The molecule has 1 aliphatic rings. The van der Waals surface area contributed by atoms with Gasteiger partial charge in [-0.2, -0.15) is 20.0 Å². The van der Waals surface area contributed by atoms with Crippen LogP contribution < -0.4 is 18.9 Å². The summed E-state index contributed by atoms with van der Waals surface area (Å²) in [5.74, 6) is 2.39. The quantitative estimate of drug-likeness (QED) is 0.254. The average Bonchev–Trinajstić information content (AvgIpc) is 2.96. The standard InChI is InChI=1S/C30H24N4O4/c1-5-13-27-23(9-1)31-21-32-24-10-2-6-14-28(24)37-19-20-38-30-16-8-4-12-26(30)34-22-33-25-11-3-7-15-29(25)36-18-17-35-27/h1-16H,17-20H2. The maximum atomic E-state index is 5.92. The van der Waals surface area contributed by atoms with E-state index in [1.807, 2.05) is 97.1 Å². The van der Waals surface area contributed by atoms with Gasteiger partial charge in [-0.05, 0) is 48.5 Å². The Kier molecular flexibility index (Phi) is 8.20. The fourth-order valence-electron chi connectivity index (χ4n) is 3.56. The summed E-state index contributed by atoms with van der Waals surface area (Å²) >= 11 is 0. The molecule has 0 atom stereocenters. The number of rotatable bonds is 0. The molecule has 0 bridgehead atoms. The second-order valence-electron chi connectivity index (χ2n) is 7.91. The van der Waals surface area contributed by atoms with Gasteiger partial charge >= 0.3 is 0 Å². The van der Waals surface area contributed by atoms with Crippen molar-refractivity contribution in [2.24, 2.45) is 20.0 Å². The number of aliphatic imine (C=N–C) groups is 4. The molecule has 0 fully saturated rings. The van der Waals surface area contributed by atoms with E-state index in [4.69, 9.17) is 18.9 Å². The Balaban J connectivity index is 1.44. The van der Waals surface area contributed by atoms with E-state index in [2.05, 4.69) is 32.0 Å². The molecule has 0 N–H and O–H groups in total. The van der Waals surface area contributed by atoms with Crippen LogP contribution in [0.25, 0.3) is 0 Å². The smallest absolute Gasteiger partial charge is 0.145 e. The predicted octanol–water partition coefficient (Wildman–Crippen LogP) is 7.19. The van der Waals surface area contributed by atoms with Gasteiger partial charge in [-0.3, -0.25) is 0 Å². The molecule has 0 saturated heterocycles. The van der Waals surface area contributed by atoms with E-state index < -0.39 is 0 Å². The van der Waals surface area contributed by atoms with Crippen molar-refractivity contribution in [2.75, 3.05) is 26.4 Å². The molecule has 4 aromatic rings. The van der Waals surface area contributed by atoms with Crippen molar-refractivity contribution < 1.29 is 18.9 Å². The molecule has 0 amide bonds. The lowest BCUT2D eigenvalue weighted by molar-refractivity contribution is 0.218. The molecule has 0 aromatic heterocycles. The van der Waals surface area contributed by atoms with Crippen molar-refractivity contribution in [1.29, 1.82) is 0 Å². The zero-order valence-corrected chi connectivity index (χ0v) is 20.5. The zero-order valence-electron chi connectivity index (χ0n) is 20.5. The van der Waals surface area contributed by atoms with Crippen LogP contribution in [-0.4, -0.2) is 38.4 Å². The topological polar surface area (TPSA) is 86.4 Å². The van der Waals surface area contributed by atoms with Gasteiger partial charge in [0.2, 0.25) is 0 Å². The zero-order chi connectivity index (χ0) is 25.8. The van der Waals surface area contributed by atoms with Crippen LogP contribution in [0.2, 0.25) is 0 Å². The molecule has 0 spiro atoms. The van der Waals surface area contributed by atoms with E-state index in [0.717, 1.165) is 0 Å². The van der Waals surface area contributed by atoms with Crippen molar-refractivity contribution in [3.05, 3.63) is 97.1 Å². The van der Waals surface area contributed by atoms with Crippen LogP contribution in [0.1, 0.15) is 0 Å². The lowest BCUT2D eigenvalue weighted by Gasteiger charge is -2.11. The highest BCUT2D eigenvalue weighted by molar-refractivity contribution is 5.65. The third kappa shape index (κ3) is 6.53. The highest BCUT2D eigenvalue weighted by Gasteiger charge is 2.06. The minimum absolute atomic E-state index is 0.303. The number of hydrogen-bond donors (Lipinski definition) is 0. The van der Waals surface area contributed by atoms with Gasteiger partial charge in [0.15, 0.2) is 0 Å². The van der Waals surface area contributed by atoms with Crippen LogP contribution in [0, 0.1) is 0 Å². The van der Waals surface area contributed by atoms with Crippen molar-refractivity contribution in [1.82, 2.24) is 0 Å². The van der Waals surface area contributed by atoms with Crippen LogP contribution >= 0.6 is 0 Å². The van der Waals surface area contributed by atoms with E-state index in [9.17, 15) is 0 Å². The summed E-state index contributed by atoms with van der Waals surface area (Å²) in [6.07, 6.45) is 0. The lowest BCUT2D eigenvalue weighted by Crippen LogP contribution is -2.09. The molecule has 0 radical (unpaired) electrons. The molecule has 0 saturated carbocycles. The minimum atomic E-state index is 0.303. The van der Waals surface area contributed by atoms with Gasteiger partial charge in [0.05, 0.1) is 0 Å². The van der Waals surface area contributed by atoms with Crippen LogP contribution in [0.15, 0.2) is 117 Å². The molecule has 0 unspecified atom stereocenters. The second kappa shape index (κ2) is 12.7. The van der Waals surface area contributed by atoms with E-state index in [1.54, 1.807) is 0 Å². The fourth-order valence-corrected chi connectivity index (χ4v) is 3.56. The summed E-state index contributed by atoms with van der Waals surface area (Å²) in [6, 6.07) is 35.2. The first-order valence-corrected chi connectivity index (χ1v) is 12.1. The van der Waals surface area contributed by atoms with Gasteiger partial charge in [-0.25, -0.2) is 0 Å². The maximum Gasteiger partial charge on any atom is 0.145 e. The monoisotopic (exact) mass is 504 g/mol. The minimum Gasteiger partial charge on any atom is -0.488 e. The Hall–Kier alpha value is -5.16. The largest absolute Gasteiger partial charge is 0.488 e. The van der Waals surface area contributed by atoms with E-state index in [1.165, 1.54) is 0 Å². The van der Waals surface area contributed by atoms with Crippen molar-refractivity contribution in [2.45, 2.75) is 0 Å². The first-order chi connectivity index (χ1) is 18.9. The summed E-state index contributed by atoms with van der Waals surface area (Å²) < 4.78 is 23.7. The fraction of sp³-hybridized carbons (Fsp3) is 0.133. The number of benzene rings is 4. The average molecular weight is 505 g/mol. The van der Waals surface area contributed by atoms with Crippen molar-refractivity contribution in [3.8, 4) is 23.0 Å². The van der Waals surface area contributed by atoms with E-state index >= 15 is 0 Å². The summed E-state index contributed by atoms with van der Waals surface area (Å²) in [5.41, 5.74) is 2.41. The molecule has 1 aliphatic heterocycles. The molecule has 188 valence electrons. The van der Waals surface area contributed by atoms with Gasteiger partial charge in [0.1, 0.15) is 84.2 Å². The van der Waals surface area contributed by atoms with Gasteiger partial charge < -0.3 is 18.9 Å². The molecule has 8 nitrogen and oxygen atoms in total. The molecule has 5 rings (SSSR count). The van der Waals surface area contributed by atoms with Crippen LogP contribution in [0.5, 0.6) is 23.0 Å². The first kappa shape index (κ1) is 24.5. The molecular formula is C30H24N4O4. The number of hydrogen-bond acceptors (Lipinski definition) is 8. The SMILES string of the molecule is C1=Nc2ccccc2OCCOc2ccccc2N=C=Nc2ccccc2OCCOc2ccccc2N=1. The lowest BCUT2D eigenvalue weighted by atomic mass is 10.3. The third-order valence-electron chi connectivity index (χ3n) is 5.34. The van der Waals surface area contributed by atoms with Crippen molar-refractivity contribution in [3.63, 3.8) is 0 Å². The van der Waals surface area contributed by atoms with Crippen LogP contribution in [0.4, 0.5) is 22.7 Å². The molecule has 38 heavy (non-hydrogen) atoms. The Bertz CT molecular complexity index is 1300. The predicted molar refractivity (Wildman–Crippen MR) is 146 cm³/mol. The van der Waals surface area contributed by atoms with Crippen LogP contribution in [-0.2, 0) is 0 Å². The van der Waals surface area contributed by atoms with Gasteiger partial charge in [-0.15, -0.1) is 0 Å². The number of nitrogens with zero attached hydrogens (tertiary/aromatic N) is 4. The first-order valence-electron chi connectivity index (χ1n) is 12.1. The van der Waals surface area contributed by atoms with Gasteiger partial charge in [0.25, 0.3) is 0 Å². The van der Waals surface area contributed by atoms with E-state index in [-0.39, 0.29) is 0 Å². The molecular weight excluding hydrogens is 480 g/mol. The Morgan fingerprint density at radius 2 is 0.605 bits per heavy atom. The van der Waals surface area contributed by atoms with Crippen molar-refractivity contribution >= 4 is 34.8 Å². The summed E-state index contributed by atoms with van der Waals surface area (Å²) in [7, 11) is 0. The normalized spacial score (nSPS) is 13.5. The van der Waals surface area contributed by atoms with Gasteiger partial charge in [0, 0.05) is 0 Å². The second-order valence-corrected chi connectivity index (χ2v) is 7.91. The number of fused-ring (bicyclic) bond motifs is 4. The molecule has 4 aromatic carbocycles. The number of ether oxygens (including phenoxy) is 4. The summed E-state index contributed by atoms with van der Waals surface area (Å²) in [5, 5.41) is 0. The Labute approximate surface area is 220 Å². The molecule has 8 heteroatoms. The Morgan fingerprint density at radius 3 is 0.868 bits per heavy atom. The van der Waals surface area contributed by atoms with Gasteiger partial charge in [-0.1, -0.05) is 48.5 Å². The third-order valence-corrected chi connectivity index (χ3v) is 5.34. The number of para-hydroxylation sites is 8. The molecule has 0 aliphatic carbocycles. The van der Waals surface area contributed by atoms with Crippen LogP contribution in [0.3, 0.4) is 0 Å². The Morgan fingerprint density at radius 1 is 0.368 bits per heavy atom. The highest BCUT2D eigenvalue weighted by atomic mass is 16.5. The highest BCUT2D eigenvalue weighted by Crippen LogP contribution is 2.30.